The summed E-state index contributed by atoms with van der Waals surface area (Å²) >= 11 is 0. The lowest BCUT2D eigenvalue weighted by Gasteiger charge is -2.39. The van der Waals surface area contributed by atoms with Gasteiger partial charge in [0.05, 0.1) is 19.8 Å². The fraction of sp³-hybridized carbons (Fsp3) is 0.702. The summed E-state index contributed by atoms with van der Waals surface area (Å²) < 4.78 is 22.9. The molecule has 1 fully saturated rings. The van der Waals surface area contributed by atoms with Crippen LogP contribution >= 0.6 is 0 Å². The van der Waals surface area contributed by atoms with E-state index in [2.05, 4.69) is 111 Å². The smallest absolute Gasteiger partial charge is 0.306 e. The summed E-state index contributed by atoms with van der Waals surface area (Å²) in [5.41, 5.74) is 0. The molecule has 0 aromatic heterocycles. The molecule has 1 aliphatic heterocycles. The second kappa shape index (κ2) is 47.2. The third kappa shape index (κ3) is 37.1. The Morgan fingerprint density at radius 2 is 0.924 bits per heavy atom. The van der Waals surface area contributed by atoms with Crippen molar-refractivity contribution in [3.05, 3.63) is 97.2 Å². The molecule has 6 unspecified atom stereocenters. The Bertz CT molecular complexity index is 1330. The maximum atomic E-state index is 12.8. The fourth-order valence-corrected chi connectivity index (χ4v) is 7.41. The molecule has 1 rings (SSSR count). The molecular formula is C57H96O9. The first-order valence-corrected chi connectivity index (χ1v) is 26.3. The SMILES string of the molecule is CC/C=C\C/C=C\C/C=C\C/C=C\C/C=C\C/C=C\CCCCCCCCCOCC(COC1OC(CO)C(O)C(O)C1O)OC(=O)CCCCCCCCC/C=C\C/C=C\CCCCC. The number of hydrogen-bond acceptors (Lipinski definition) is 9. The number of carbonyl (C=O) groups is 1. The third-order valence-corrected chi connectivity index (χ3v) is 11.5. The first-order chi connectivity index (χ1) is 32.4. The summed E-state index contributed by atoms with van der Waals surface area (Å²) in [6.45, 7) is 4.37. The molecule has 1 heterocycles. The van der Waals surface area contributed by atoms with Crippen LogP contribution in [-0.4, -0.2) is 89.6 Å². The zero-order valence-electron chi connectivity index (χ0n) is 41.7. The van der Waals surface area contributed by atoms with Gasteiger partial charge in [0.15, 0.2) is 6.29 Å². The zero-order chi connectivity index (χ0) is 47.8. The monoisotopic (exact) mass is 925 g/mol. The summed E-state index contributed by atoms with van der Waals surface area (Å²) in [6, 6.07) is 0. The topological polar surface area (TPSA) is 135 Å². The average Bonchev–Trinajstić information content (AvgIpc) is 3.32. The first-order valence-electron chi connectivity index (χ1n) is 26.3. The maximum Gasteiger partial charge on any atom is 0.306 e. The molecule has 4 N–H and O–H groups in total. The minimum absolute atomic E-state index is 0.127. The van der Waals surface area contributed by atoms with Crippen molar-refractivity contribution in [3.8, 4) is 0 Å². The van der Waals surface area contributed by atoms with Crippen LogP contribution in [-0.2, 0) is 23.7 Å². The lowest BCUT2D eigenvalue weighted by atomic mass is 9.99. The first kappa shape index (κ1) is 61.1. The van der Waals surface area contributed by atoms with Crippen molar-refractivity contribution >= 4 is 5.97 Å². The van der Waals surface area contributed by atoms with Gasteiger partial charge in [0.25, 0.3) is 0 Å². The molecule has 0 saturated carbocycles. The highest BCUT2D eigenvalue weighted by Crippen LogP contribution is 2.22. The molecule has 0 bridgehead atoms. The molecule has 0 aliphatic carbocycles. The molecule has 1 aliphatic rings. The van der Waals surface area contributed by atoms with Gasteiger partial charge in [0.1, 0.15) is 30.5 Å². The normalized spacial score (nSPS) is 20.1. The predicted octanol–water partition coefficient (Wildman–Crippen LogP) is 13.1. The van der Waals surface area contributed by atoms with E-state index in [0.717, 1.165) is 103 Å². The van der Waals surface area contributed by atoms with Crippen LogP contribution in [0.2, 0.25) is 0 Å². The Morgan fingerprint density at radius 1 is 0.500 bits per heavy atom. The van der Waals surface area contributed by atoms with Gasteiger partial charge < -0.3 is 39.4 Å². The zero-order valence-corrected chi connectivity index (χ0v) is 41.7. The summed E-state index contributed by atoms with van der Waals surface area (Å²) in [7, 11) is 0. The van der Waals surface area contributed by atoms with E-state index in [0.29, 0.717) is 13.0 Å². The van der Waals surface area contributed by atoms with Gasteiger partial charge in [-0.2, -0.15) is 0 Å². The van der Waals surface area contributed by atoms with Gasteiger partial charge >= 0.3 is 5.97 Å². The number of ether oxygens (including phenoxy) is 4. The van der Waals surface area contributed by atoms with Crippen molar-refractivity contribution in [1.29, 1.82) is 0 Å². The molecule has 378 valence electrons. The van der Waals surface area contributed by atoms with Gasteiger partial charge in [-0.25, -0.2) is 0 Å². The second-order valence-electron chi connectivity index (χ2n) is 17.6. The number of hydrogen-bond donors (Lipinski definition) is 4. The molecular weight excluding hydrogens is 829 g/mol. The van der Waals surface area contributed by atoms with E-state index in [1.165, 1.54) is 70.6 Å². The Labute approximate surface area is 402 Å². The maximum absolute atomic E-state index is 12.8. The van der Waals surface area contributed by atoms with Gasteiger partial charge in [-0.05, 0) is 96.3 Å². The van der Waals surface area contributed by atoms with Gasteiger partial charge in [0, 0.05) is 13.0 Å². The molecule has 0 aromatic rings. The van der Waals surface area contributed by atoms with Crippen LogP contribution in [0.1, 0.15) is 194 Å². The van der Waals surface area contributed by atoms with Crippen molar-refractivity contribution < 1.29 is 44.2 Å². The quantitative estimate of drug-likeness (QED) is 0.0268. The Balaban J connectivity index is 2.22. The van der Waals surface area contributed by atoms with Gasteiger partial charge in [-0.15, -0.1) is 0 Å². The molecule has 9 nitrogen and oxygen atoms in total. The average molecular weight is 925 g/mol. The molecule has 9 heteroatoms. The highest BCUT2D eigenvalue weighted by atomic mass is 16.7. The number of unbranched alkanes of at least 4 members (excludes halogenated alkanes) is 17. The number of rotatable bonds is 44. The predicted molar refractivity (Wildman–Crippen MR) is 274 cm³/mol. The number of allylic oxidation sites excluding steroid dienone is 16. The lowest BCUT2D eigenvalue weighted by Crippen LogP contribution is -2.59. The molecule has 0 amide bonds. The molecule has 0 spiro atoms. The Hall–Kier alpha value is -2.89. The second-order valence-corrected chi connectivity index (χ2v) is 17.6. The summed E-state index contributed by atoms with van der Waals surface area (Å²) in [6.07, 6.45) is 58.6. The van der Waals surface area contributed by atoms with Crippen molar-refractivity contribution in [3.63, 3.8) is 0 Å². The third-order valence-electron chi connectivity index (χ3n) is 11.5. The lowest BCUT2D eigenvalue weighted by molar-refractivity contribution is -0.305. The van der Waals surface area contributed by atoms with Gasteiger partial charge in [-0.1, -0.05) is 188 Å². The van der Waals surface area contributed by atoms with Crippen LogP contribution in [0.25, 0.3) is 0 Å². The number of aliphatic hydroxyl groups is 4. The molecule has 1 saturated heterocycles. The van der Waals surface area contributed by atoms with Gasteiger partial charge in [0.2, 0.25) is 0 Å². The van der Waals surface area contributed by atoms with Crippen molar-refractivity contribution in [2.75, 3.05) is 26.4 Å². The Kier molecular flexibility index (Phi) is 43.7. The van der Waals surface area contributed by atoms with E-state index in [-0.39, 0.29) is 19.2 Å². The summed E-state index contributed by atoms with van der Waals surface area (Å²) in [5, 5.41) is 40.3. The van der Waals surface area contributed by atoms with E-state index < -0.39 is 43.4 Å². The van der Waals surface area contributed by atoms with E-state index in [4.69, 9.17) is 18.9 Å². The van der Waals surface area contributed by atoms with E-state index in [1.54, 1.807) is 0 Å². The number of aliphatic hydroxyl groups excluding tert-OH is 4. The van der Waals surface area contributed by atoms with Gasteiger partial charge in [-0.3, -0.25) is 4.79 Å². The molecule has 6 atom stereocenters. The summed E-state index contributed by atoms with van der Waals surface area (Å²) in [4.78, 5) is 12.8. The van der Waals surface area contributed by atoms with Crippen LogP contribution in [0.3, 0.4) is 0 Å². The van der Waals surface area contributed by atoms with Crippen molar-refractivity contribution in [2.24, 2.45) is 0 Å². The minimum Gasteiger partial charge on any atom is -0.457 e. The van der Waals surface area contributed by atoms with E-state index in [9.17, 15) is 25.2 Å². The van der Waals surface area contributed by atoms with Crippen LogP contribution < -0.4 is 0 Å². The van der Waals surface area contributed by atoms with Crippen LogP contribution in [0, 0.1) is 0 Å². The molecule has 66 heavy (non-hydrogen) atoms. The highest BCUT2D eigenvalue weighted by Gasteiger charge is 2.44. The van der Waals surface area contributed by atoms with Crippen LogP contribution in [0.15, 0.2) is 97.2 Å². The Morgan fingerprint density at radius 3 is 1.39 bits per heavy atom. The van der Waals surface area contributed by atoms with Crippen LogP contribution in [0.4, 0.5) is 0 Å². The molecule has 0 radical (unpaired) electrons. The van der Waals surface area contributed by atoms with Crippen LogP contribution in [0.5, 0.6) is 0 Å². The highest BCUT2D eigenvalue weighted by molar-refractivity contribution is 5.69. The number of carbonyl (C=O) groups excluding carboxylic acids is 1. The van der Waals surface area contributed by atoms with E-state index >= 15 is 0 Å². The standard InChI is InChI=1S/C57H96O9/c1-3-5-7-9-11-13-15-17-19-21-22-23-24-25-26-27-28-29-31-33-35-37-39-41-43-45-47-63-49-51(50-64-57-56(62)55(61)54(60)52(48-58)66-57)65-53(59)46-44-42-40-38-36-34-32-30-20-18-16-14-12-10-8-6-4-2/h5,7,11-14,17-20,22-23,25-26,28-29,51-52,54-58,60-62H,3-4,6,8-10,15-16,21,24,27,30-50H2,1-2H3/b7-5-,13-11-,14-12-,19-17-,20-18-,23-22-,26-25-,29-28-. The summed E-state index contributed by atoms with van der Waals surface area (Å²) in [5.74, 6) is -0.329. The fourth-order valence-electron chi connectivity index (χ4n) is 7.41. The van der Waals surface area contributed by atoms with E-state index in [1.807, 2.05) is 0 Å². The van der Waals surface area contributed by atoms with Crippen molar-refractivity contribution in [2.45, 2.75) is 230 Å². The largest absolute Gasteiger partial charge is 0.457 e. The van der Waals surface area contributed by atoms with Crippen molar-refractivity contribution in [1.82, 2.24) is 0 Å². The number of esters is 1. The minimum atomic E-state index is -1.55. The molecule has 0 aromatic carbocycles.